The molecule has 9 heteroatoms. The van der Waals surface area contributed by atoms with Crippen LogP contribution in [-0.2, 0) is 9.47 Å². The van der Waals surface area contributed by atoms with Gasteiger partial charge in [-0.15, -0.1) is 0 Å². The van der Waals surface area contributed by atoms with E-state index in [0.29, 0.717) is 48.4 Å². The third kappa shape index (κ3) is 4.54. The average molecular weight is 556 g/mol. The van der Waals surface area contributed by atoms with Crippen LogP contribution in [0.1, 0.15) is 23.2 Å². The first-order valence-corrected chi connectivity index (χ1v) is 14.1. The number of nitrogens with zero attached hydrogens (tertiary/aromatic N) is 2. The Morgan fingerprint density at radius 1 is 1.00 bits per heavy atom. The zero-order valence-corrected chi connectivity index (χ0v) is 23.3. The van der Waals surface area contributed by atoms with E-state index in [-0.39, 0.29) is 11.3 Å². The van der Waals surface area contributed by atoms with Crippen molar-refractivity contribution in [1.82, 2.24) is 15.2 Å². The molecule has 1 N–H and O–H groups in total. The first-order chi connectivity index (χ1) is 20.0. The third-order valence-corrected chi connectivity index (χ3v) is 8.58. The van der Waals surface area contributed by atoms with Crippen molar-refractivity contribution in [2.45, 2.75) is 18.6 Å². The molecule has 0 atom stereocenters. The summed E-state index contributed by atoms with van der Waals surface area (Å²) in [5, 5.41) is 5.28. The van der Waals surface area contributed by atoms with Crippen LogP contribution in [0.4, 0.5) is 0 Å². The maximum Gasteiger partial charge on any atom is 0.251 e. The molecular weight excluding hydrogens is 522 g/mol. The van der Waals surface area contributed by atoms with Crippen molar-refractivity contribution in [3.8, 4) is 23.0 Å². The number of hydrogen-bond donors (Lipinski definition) is 1. The fourth-order valence-electron chi connectivity index (χ4n) is 6.33. The molecule has 0 radical (unpaired) electrons. The van der Waals surface area contributed by atoms with Crippen LogP contribution >= 0.6 is 0 Å². The van der Waals surface area contributed by atoms with Gasteiger partial charge in [-0.05, 0) is 60.0 Å². The van der Waals surface area contributed by atoms with Crippen LogP contribution in [-0.4, -0.2) is 75.2 Å². The minimum Gasteiger partial charge on any atom is -0.493 e. The minimum atomic E-state index is -0.425. The summed E-state index contributed by atoms with van der Waals surface area (Å²) in [5.74, 6) is 2.01. The number of methoxy groups -OCH3 is 1. The molecular formula is C32H33N3O6. The molecule has 2 spiro atoms. The molecule has 2 saturated heterocycles. The van der Waals surface area contributed by atoms with Crippen LogP contribution in [0.5, 0.6) is 23.0 Å². The quantitative estimate of drug-likeness (QED) is 0.333. The number of fused-ring (bicyclic) bond motifs is 3. The highest BCUT2D eigenvalue weighted by Crippen LogP contribution is 2.61. The first kappa shape index (κ1) is 26.0. The van der Waals surface area contributed by atoms with Gasteiger partial charge in [0.1, 0.15) is 18.1 Å². The molecule has 41 heavy (non-hydrogen) atoms. The van der Waals surface area contributed by atoms with Crippen LogP contribution < -0.4 is 19.5 Å². The SMILES string of the molecule is CNC(=O)c1cccc2cc(Oc3ccnc4cc(OCCN5CC6(CC6)C6(C5)OCCO6)c(OC)cc34)ccc12. The molecule has 1 amide bonds. The largest absolute Gasteiger partial charge is 0.493 e. The Morgan fingerprint density at radius 2 is 1.85 bits per heavy atom. The van der Waals surface area contributed by atoms with E-state index < -0.39 is 5.79 Å². The van der Waals surface area contributed by atoms with E-state index in [1.54, 1.807) is 20.4 Å². The molecule has 3 aromatic carbocycles. The second-order valence-corrected chi connectivity index (χ2v) is 11.0. The number of ether oxygens (including phenoxy) is 5. The van der Waals surface area contributed by atoms with Crippen LogP contribution in [0, 0.1) is 5.41 Å². The molecule has 2 aliphatic heterocycles. The Hall–Kier alpha value is -3.92. The number of aromatic nitrogens is 1. The lowest BCUT2D eigenvalue weighted by Gasteiger charge is -2.28. The van der Waals surface area contributed by atoms with Crippen molar-refractivity contribution in [2.75, 3.05) is 53.6 Å². The van der Waals surface area contributed by atoms with E-state index in [1.807, 2.05) is 54.6 Å². The van der Waals surface area contributed by atoms with Crippen molar-refractivity contribution < 1.29 is 28.5 Å². The zero-order chi connectivity index (χ0) is 28.0. The molecule has 3 fully saturated rings. The smallest absolute Gasteiger partial charge is 0.251 e. The van der Waals surface area contributed by atoms with Crippen molar-refractivity contribution >= 4 is 27.6 Å². The Bertz CT molecular complexity index is 1630. The first-order valence-electron chi connectivity index (χ1n) is 14.1. The van der Waals surface area contributed by atoms with Gasteiger partial charge in [0.2, 0.25) is 0 Å². The summed E-state index contributed by atoms with van der Waals surface area (Å²) in [6.45, 7) is 4.42. The van der Waals surface area contributed by atoms with Crippen LogP contribution in [0.2, 0.25) is 0 Å². The fraction of sp³-hybridized carbons (Fsp3) is 0.375. The van der Waals surface area contributed by atoms with Gasteiger partial charge in [-0.3, -0.25) is 14.7 Å². The van der Waals surface area contributed by atoms with E-state index in [0.717, 1.165) is 54.2 Å². The monoisotopic (exact) mass is 555 g/mol. The van der Waals surface area contributed by atoms with Crippen LogP contribution in [0.25, 0.3) is 21.7 Å². The standard InChI is InChI=1S/C32H33N3O6/c1-33-30(36)24-5-3-4-21-16-22(6-7-23(21)24)41-27-8-11-34-26-18-29(28(37-2)17-25(26)27)38-13-12-35-19-31(9-10-31)32(20-35)39-14-15-40-32/h3-8,11,16-18H,9-10,12-15,19-20H2,1-2H3,(H,33,36). The minimum absolute atomic E-state index is 0.123. The molecule has 4 aromatic rings. The van der Waals surface area contributed by atoms with E-state index in [2.05, 4.69) is 15.2 Å². The van der Waals surface area contributed by atoms with Gasteiger partial charge < -0.3 is 29.0 Å². The van der Waals surface area contributed by atoms with Gasteiger partial charge in [-0.2, -0.15) is 0 Å². The lowest BCUT2D eigenvalue weighted by Crippen LogP contribution is -2.41. The lowest BCUT2D eigenvalue weighted by atomic mass is 10.00. The number of carbonyl (C=O) groups is 1. The molecule has 7 rings (SSSR count). The highest BCUT2D eigenvalue weighted by molar-refractivity contribution is 6.07. The summed E-state index contributed by atoms with van der Waals surface area (Å²) in [5.41, 5.74) is 1.52. The molecule has 0 unspecified atom stereocenters. The van der Waals surface area contributed by atoms with Crippen LogP contribution in [0.3, 0.4) is 0 Å². The summed E-state index contributed by atoms with van der Waals surface area (Å²) in [7, 11) is 3.26. The van der Waals surface area contributed by atoms with Crippen molar-refractivity contribution in [3.05, 3.63) is 66.4 Å². The summed E-state index contributed by atoms with van der Waals surface area (Å²) in [4.78, 5) is 19.2. The Morgan fingerprint density at radius 3 is 2.63 bits per heavy atom. The lowest BCUT2D eigenvalue weighted by molar-refractivity contribution is -0.182. The summed E-state index contributed by atoms with van der Waals surface area (Å²) >= 11 is 0. The number of carbonyl (C=O) groups excluding carboxylic acids is 1. The Kier molecular flexibility index (Phi) is 6.45. The van der Waals surface area contributed by atoms with E-state index >= 15 is 0 Å². The Labute approximate surface area is 238 Å². The molecule has 9 nitrogen and oxygen atoms in total. The second-order valence-electron chi connectivity index (χ2n) is 11.0. The molecule has 1 aliphatic carbocycles. The van der Waals surface area contributed by atoms with E-state index in [4.69, 9.17) is 23.7 Å². The third-order valence-electron chi connectivity index (χ3n) is 8.58. The molecule has 3 heterocycles. The second kappa shape index (κ2) is 10.2. The van der Waals surface area contributed by atoms with Gasteiger partial charge >= 0.3 is 0 Å². The van der Waals surface area contributed by atoms with Gasteiger partial charge in [0.05, 0.1) is 32.4 Å². The number of pyridine rings is 1. The van der Waals surface area contributed by atoms with E-state index in [1.165, 1.54) is 0 Å². The number of hydrogen-bond acceptors (Lipinski definition) is 8. The highest BCUT2D eigenvalue weighted by Gasteiger charge is 2.67. The zero-order valence-electron chi connectivity index (χ0n) is 23.3. The average Bonchev–Trinajstić information content (AvgIpc) is 3.51. The number of nitrogens with one attached hydrogen (secondary N) is 1. The number of amides is 1. The highest BCUT2D eigenvalue weighted by atomic mass is 16.7. The van der Waals surface area contributed by atoms with Gasteiger partial charge in [0.25, 0.3) is 5.91 Å². The van der Waals surface area contributed by atoms with Crippen molar-refractivity contribution in [2.24, 2.45) is 5.41 Å². The summed E-state index contributed by atoms with van der Waals surface area (Å²) in [6, 6.07) is 17.0. The maximum absolute atomic E-state index is 12.3. The van der Waals surface area contributed by atoms with Gasteiger partial charge in [-0.1, -0.05) is 12.1 Å². The predicted octanol–water partition coefficient (Wildman–Crippen LogP) is 4.77. The maximum atomic E-state index is 12.3. The van der Waals surface area contributed by atoms with Crippen molar-refractivity contribution in [1.29, 1.82) is 0 Å². The molecule has 212 valence electrons. The number of benzene rings is 3. The van der Waals surface area contributed by atoms with Gasteiger partial charge in [-0.25, -0.2) is 0 Å². The fourth-order valence-corrected chi connectivity index (χ4v) is 6.33. The molecule has 1 aromatic heterocycles. The summed E-state index contributed by atoms with van der Waals surface area (Å²) < 4.78 is 30.4. The summed E-state index contributed by atoms with van der Waals surface area (Å²) in [6.07, 6.45) is 4.05. The number of likely N-dealkylation sites (tertiary alicyclic amines) is 1. The van der Waals surface area contributed by atoms with Gasteiger partial charge in [0.15, 0.2) is 17.3 Å². The molecule has 0 bridgehead atoms. The predicted molar refractivity (Wildman–Crippen MR) is 154 cm³/mol. The topological polar surface area (TPSA) is 91.4 Å². The number of rotatable bonds is 8. The van der Waals surface area contributed by atoms with Crippen molar-refractivity contribution in [3.63, 3.8) is 0 Å². The van der Waals surface area contributed by atoms with E-state index in [9.17, 15) is 4.79 Å². The van der Waals surface area contributed by atoms with Crippen LogP contribution in [0.15, 0.2) is 60.8 Å². The normalized spacial score (nSPS) is 18.8. The Balaban J connectivity index is 1.08. The van der Waals surface area contributed by atoms with Gasteiger partial charge in [0, 0.05) is 48.8 Å². The molecule has 1 saturated carbocycles. The molecule has 3 aliphatic rings.